The van der Waals surface area contributed by atoms with Gasteiger partial charge in [0.2, 0.25) is 5.28 Å². The van der Waals surface area contributed by atoms with E-state index in [2.05, 4.69) is 42.6 Å². The molecule has 0 radical (unpaired) electrons. The van der Waals surface area contributed by atoms with E-state index in [-0.39, 0.29) is 5.28 Å². The largest absolute Gasteiger partial charge is 0.352 e. The lowest BCUT2D eigenvalue weighted by atomic mass is 10.1. The molecule has 0 atom stereocenters. The van der Waals surface area contributed by atoms with Crippen molar-refractivity contribution in [1.82, 2.24) is 9.97 Å². The third-order valence-corrected chi connectivity index (χ3v) is 3.36. The number of halogens is 2. The van der Waals surface area contributed by atoms with Crippen molar-refractivity contribution in [2.24, 2.45) is 5.92 Å². The molecular weight excluding hydrogens is 269 g/mol. The van der Waals surface area contributed by atoms with Crippen molar-refractivity contribution in [3.63, 3.8) is 0 Å². The Balaban J connectivity index is 3.11. The van der Waals surface area contributed by atoms with Crippen LogP contribution in [-0.4, -0.2) is 22.6 Å². The first-order valence-corrected chi connectivity index (χ1v) is 7.19. The number of anilines is 1. The molecule has 0 spiro atoms. The van der Waals surface area contributed by atoms with Gasteiger partial charge in [-0.05, 0) is 30.4 Å². The number of nitrogens with zero attached hydrogens (tertiary/aromatic N) is 3. The maximum atomic E-state index is 6.21. The Kier molecular flexibility index (Phi) is 6.16. The van der Waals surface area contributed by atoms with Crippen LogP contribution in [-0.2, 0) is 0 Å². The first-order valence-electron chi connectivity index (χ1n) is 6.44. The van der Waals surface area contributed by atoms with Crippen molar-refractivity contribution in [2.75, 3.05) is 11.4 Å². The summed E-state index contributed by atoms with van der Waals surface area (Å²) in [6.07, 6.45) is 3.68. The van der Waals surface area contributed by atoms with Crippen LogP contribution in [0.3, 0.4) is 0 Å². The summed E-state index contributed by atoms with van der Waals surface area (Å²) in [5, 5.41) is 0.807. The lowest BCUT2D eigenvalue weighted by molar-refractivity contribution is 0.503. The van der Waals surface area contributed by atoms with Crippen LogP contribution in [0.1, 0.15) is 40.5 Å². The average molecular weight is 290 g/mol. The number of rotatable bonds is 6. The predicted molar refractivity (Wildman–Crippen MR) is 78.6 cm³/mol. The van der Waals surface area contributed by atoms with Gasteiger partial charge in [-0.1, -0.05) is 39.3 Å². The Hall–Kier alpha value is -0.540. The highest BCUT2D eigenvalue weighted by Gasteiger charge is 2.21. The molecule has 0 fully saturated rings. The molecule has 18 heavy (non-hydrogen) atoms. The second-order valence-corrected chi connectivity index (χ2v) is 5.57. The maximum absolute atomic E-state index is 6.21. The summed E-state index contributed by atoms with van der Waals surface area (Å²) < 4.78 is 0. The first-order chi connectivity index (χ1) is 8.49. The van der Waals surface area contributed by atoms with Gasteiger partial charge in [-0.15, -0.1) is 0 Å². The summed E-state index contributed by atoms with van der Waals surface area (Å²) in [7, 11) is 0. The highest BCUT2D eigenvalue weighted by Crippen LogP contribution is 2.28. The summed E-state index contributed by atoms with van der Waals surface area (Å²) in [6.45, 7) is 9.65. The molecule has 0 aliphatic rings. The van der Waals surface area contributed by atoms with E-state index < -0.39 is 0 Å². The summed E-state index contributed by atoms with van der Waals surface area (Å²) in [4.78, 5) is 10.4. The Labute approximate surface area is 120 Å². The molecule has 1 aromatic rings. The summed E-state index contributed by atoms with van der Waals surface area (Å²) >= 11 is 12.1. The van der Waals surface area contributed by atoms with Gasteiger partial charge < -0.3 is 4.90 Å². The lowest BCUT2D eigenvalue weighted by Crippen LogP contribution is -2.38. The highest BCUT2D eigenvalue weighted by molar-refractivity contribution is 6.33. The Morgan fingerprint density at radius 2 is 1.83 bits per heavy atom. The van der Waals surface area contributed by atoms with Crippen LogP contribution < -0.4 is 4.90 Å². The van der Waals surface area contributed by atoms with E-state index in [4.69, 9.17) is 23.2 Å². The molecule has 1 rings (SSSR count). The third kappa shape index (κ3) is 3.99. The zero-order valence-electron chi connectivity index (χ0n) is 11.5. The standard InChI is InChI=1S/C13H21Cl2N3/c1-5-10(6-2)18(8-9(3)4)12-11(14)7-16-13(15)17-12/h7,9-10H,5-6,8H2,1-4H3. The van der Waals surface area contributed by atoms with Crippen LogP contribution in [0, 0.1) is 5.92 Å². The molecule has 0 saturated carbocycles. The van der Waals surface area contributed by atoms with Gasteiger partial charge in [0.15, 0.2) is 5.82 Å². The first kappa shape index (κ1) is 15.5. The minimum atomic E-state index is 0.245. The van der Waals surface area contributed by atoms with Crippen LogP contribution in [0.25, 0.3) is 0 Å². The molecule has 0 aliphatic heterocycles. The number of aromatic nitrogens is 2. The van der Waals surface area contributed by atoms with Gasteiger partial charge in [0.25, 0.3) is 0 Å². The van der Waals surface area contributed by atoms with Crippen LogP contribution in [0.2, 0.25) is 10.3 Å². The van der Waals surface area contributed by atoms with Crippen molar-refractivity contribution in [1.29, 1.82) is 0 Å². The van der Waals surface area contributed by atoms with E-state index in [1.54, 1.807) is 6.20 Å². The van der Waals surface area contributed by atoms with Crippen molar-refractivity contribution in [3.05, 3.63) is 16.5 Å². The third-order valence-electron chi connectivity index (χ3n) is 2.91. The van der Waals surface area contributed by atoms with Crippen LogP contribution in [0.5, 0.6) is 0 Å². The molecule has 102 valence electrons. The predicted octanol–water partition coefficient (Wildman–Crippen LogP) is 4.43. The van der Waals surface area contributed by atoms with Gasteiger partial charge in [-0.2, -0.15) is 4.98 Å². The minimum Gasteiger partial charge on any atom is -0.352 e. The fourth-order valence-electron chi connectivity index (χ4n) is 2.07. The van der Waals surface area contributed by atoms with E-state index in [0.717, 1.165) is 25.2 Å². The molecule has 0 aliphatic carbocycles. The normalized spacial score (nSPS) is 11.3. The zero-order valence-corrected chi connectivity index (χ0v) is 13.0. The molecule has 0 amide bonds. The van der Waals surface area contributed by atoms with Crippen molar-refractivity contribution in [2.45, 2.75) is 46.6 Å². The Bertz CT molecular complexity index is 378. The molecule has 0 aromatic carbocycles. The van der Waals surface area contributed by atoms with E-state index in [0.29, 0.717) is 17.0 Å². The Morgan fingerprint density at radius 3 is 2.33 bits per heavy atom. The quantitative estimate of drug-likeness (QED) is 0.725. The fraction of sp³-hybridized carbons (Fsp3) is 0.692. The second-order valence-electron chi connectivity index (χ2n) is 4.83. The minimum absolute atomic E-state index is 0.245. The monoisotopic (exact) mass is 289 g/mol. The van der Waals surface area contributed by atoms with E-state index in [9.17, 15) is 0 Å². The molecule has 1 heterocycles. The molecule has 0 N–H and O–H groups in total. The van der Waals surface area contributed by atoms with Gasteiger partial charge in [-0.3, -0.25) is 0 Å². The van der Waals surface area contributed by atoms with E-state index >= 15 is 0 Å². The van der Waals surface area contributed by atoms with Gasteiger partial charge in [-0.25, -0.2) is 4.98 Å². The van der Waals surface area contributed by atoms with Gasteiger partial charge in [0.1, 0.15) is 5.02 Å². The van der Waals surface area contributed by atoms with Gasteiger partial charge in [0.05, 0.1) is 6.20 Å². The Morgan fingerprint density at radius 1 is 1.22 bits per heavy atom. The van der Waals surface area contributed by atoms with E-state index in [1.165, 1.54) is 0 Å². The fourth-order valence-corrected chi connectivity index (χ4v) is 2.40. The van der Waals surface area contributed by atoms with Crippen LogP contribution >= 0.6 is 23.2 Å². The summed E-state index contributed by atoms with van der Waals surface area (Å²) in [5.74, 6) is 1.29. The van der Waals surface area contributed by atoms with E-state index in [1.807, 2.05) is 0 Å². The van der Waals surface area contributed by atoms with Crippen molar-refractivity contribution < 1.29 is 0 Å². The number of hydrogen-bond acceptors (Lipinski definition) is 3. The topological polar surface area (TPSA) is 29.0 Å². The van der Waals surface area contributed by atoms with Gasteiger partial charge >= 0.3 is 0 Å². The van der Waals surface area contributed by atoms with Crippen LogP contribution in [0.15, 0.2) is 6.20 Å². The molecule has 5 heteroatoms. The second kappa shape index (κ2) is 7.15. The summed E-state index contributed by atoms with van der Waals surface area (Å²) in [6, 6.07) is 0.427. The molecule has 0 bridgehead atoms. The van der Waals surface area contributed by atoms with Crippen molar-refractivity contribution >= 4 is 29.0 Å². The molecular formula is C13H21Cl2N3. The average Bonchev–Trinajstić information content (AvgIpc) is 2.32. The van der Waals surface area contributed by atoms with Crippen molar-refractivity contribution in [3.8, 4) is 0 Å². The smallest absolute Gasteiger partial charge is 0.224 e. The maximum Gasteiger partial charge on any atom is 0.224 e. The molecule has 0 saturated heterocycles. The SMILES string of the molecule is CCC(CC)N(CC(C)C)c1nc(Cl)ncc1Cl. The zero-order chi connectivity index (χ0) is 13.7. The van der Waals surface area contributed by atoms with Gasteiger partial charge in [0, 0.05) is 12.6 Å². The molecule has 1 aromatic heterocycles. The number of hydrogen-bond donors (Lipinski definition) is 0. The lowest BCUT2D eigenvalue weighted by Gasteiger charge is -2.33. The summed E-state index contributed by atoms with van der Waals surface area (Å²) in [5.41, 5.74) is 0. The molecule has 0 unspecified atom stereocenters. The highest BCUT2D eigenvalue weighted by atomic mass is 35.5. The van der Waals surface area contributed by atoms with Crippen LogP contribution in [0.4, 0.5) is 5.82 Å². The molecule has 3 nitrogen and oxygen atoms in total.